The van der Waals surface area contributed by atoms with Crippen molar-refractivity contribution in [1.29, 1.82) is 0 Å². The van der Waals surface area contributed by atoms with Gasteiger partial charge >= 0.3 is 0 Å². The molecule has 3 nitrogen and oxygen atoms in total. The second-order valence-electron chi connectivity index (χ2n) is 4.65. The summed E-state index contributed by atoms with van der Waals surface area (Å²) in [6.45, 7) is 4.46. The molecule has 0 heterocycles. The predicted octanol–water partition coefficient (Wildman–Crippen LogP) is 3.03. The Morgan fingerprint density at radius 2 is 1.95 bits per heavy atom. The van der Waals surface area contributed by atoms with E-state index in [4.69, 9.17) is 28.9 Å². The second-order valence-corrected chi connectivity index (χ2v) is 5.47. The van der Waals surface area contributed by atoms with Gasteiger partial charge in [0.05, 0.1) is 6.04 Å². The van der Waals surface area contributed by atoms with Gasteiger partial charge in [-0.15, -0.1) is 0 Å². The van der Waals surface area contributed by atoms with E-state index in [2.05, 4.69) is 5.32 Å². The quantitative estimate of drug-likeness (QED) is 0.848. The van der Waals surface area contributed by atoms with Gasteiger partial charge in [-0.2, -0.15) is 0 Å². The molecule has 106 valence electrons. The van der Waals surface area contributed by atoms with E-state index in [-0.39, 0.29) is 11.8 Å². The lowest BCUT2D eigenvalue weighted by Crippen LogP contribution is -2.45. The van der Waals surface area contributed by atoms with Gasteiger partial charge in [0.2, 0.25) is 5.91 Å². The zero-order valence-corrected chi connectivity index (χ0v) is 12.8. The van der Waals surface area contributed by atoms with Crippen LogP contribution in [0.15, 0.2) is 18.2 Å². The molecule has 1 amide bonds. The van der Waals surface area contributed by atoms with Crippen LogP contribution in [0, 0.1) is 5.92 Å². The van der Waals surface area contributed by atoms with Gasteiger partial charge in [0.1, 0.15) is 0 Å². The topological polar surface area (TPSA) is 55.1 Å². The van der Waals surface area contributed by atoms with E-state index in [0.29, 0.717) is 23.0 Å². The van der Waals surface area contributed by atoms with Crippen molar-refractivity contribution < 1.29 is 4.79 Å². The summed E-state index contributed by atoms with van der Waals surface area (Å²) in [6, 6.07) is 4.91. The normalized spacial score (nSPS) is 13.9. The van der Waals surface area contributed by atoms with E-state index in [1.54, 1.807) is 18.2 Å². The highest BCUT2D eigenvalue weighted by molar-refractivity contribution is 6.35. The first-order valence-corrected chi connectivity index (χ1v) is 7.19. The van der Waals surface area contributed by atoms with Crippen LogP contribution in [0.2, 0.25) is 10.0 Å². The minimum Gasteiger partial charge on any atom is -0.354 e. The second kappa shape index (κ2) is 7.73. The van der Waals surface area contributed by atoms with Crippen LogP contribution in [0.1, 0.15) is 25.8 Å². The first-order chi connectivity index (χ1) is 8.97. The molecule has 3 N–H and O–H groups in total. The molecule has 0 aliphatic carbocycles. The summed E-state index contributed by atoms with van der Waals surface area (Å²) in [5, 5.41) is 4.06. The number of rotatable bonds is 6. The van der Waals surface area contributed by atoms with Gasteiger partial charge in [0.25, 0.3) is 0 Å². The largest absolute Gasteiger partial charge is 0.354 e. The highest BCUT2D eigenvalue weighted by Gasteiger charge is 2.18. The molecule has 2 atom stereocenters. The molecule has 1 aromatic rings. The molecule has 19 heavy (non-hydrogen) atoms. The molecule has 0 bridgehead atoms. The molecule has 0 aliphatic heterocycles. The Labute approximate surface area is 124 Å². The maximum atomic E-state index is 11.8. The van der Waals surface area contributed by atoms with Gasteiger partial charge in [0.15, 0.2) is 0 Å². The SMILES string of the molecule is CCC(C)C(N)C(=O)NCCc1c(Cl)cccc1Cl. The van der Waals surface area contributed by atoms with Crippen LogP contribution >= 0.6 is 23.2 Å². The summed E-state index contributed by atoms with van der Waals surface area (Å²) in [4.78, 5) is 11.8. The number of nitrogens with two attached hydrogens (primary N) is 1. The Morgan fingerprint density at radius 1 is 1.37 bits per heavy atom. The lowest BCUT2D eigenvalue weighted by atomic mass is 9.99. The van der Waals surface area contributed by atoms with E-state index in [1.807, 2.05) is 13.8 Å². The summed E-state index contributed by atoms with van der Waals surface area (Å²) >= 11 is 12.1. The summed E-state index contributed by atoms with van der Waals surface area (Å²) in [7, 11) is 0. The van der Waals surface area contributed by atoms with Crippen molar-refractivity contribution in [2.75, 3.05) is 6.54 Å². The number of hydrogen-bond donors (Lipinski definition) is 2. The summed E-state index contributed by atoms with van der Waals surface area (Å²) in [5.41, 5.74) is 6.70. The zero-order valence-electron chi connectivity index (χ0n) is 11.2. The van der Waals surface area contributed by atoms with Gasteiger partial charge in [-0.25, -0.2) is 0 Å². The number of amides is 1. The maximum Gasteiger partial charge on any atom is 0.237 e. The van der Waals surface area contributed by atoms with E-state index < -0.39 is 6.04 Å². The van der Waals surface area contributed by atoms with Crippen molar-refractivity contribution in [3.8, 4) is 0 Å². The number of nitrogens with one attached hydrogen (secondary N) is 1. The van der Waals surface area contributed by atoms with Gasteiger partial charge in [-0.05, 0) is 30.0 Å². The molecule has 1 rings (SSSR count). The molecule has 0 spiro atoms. The fourth-order valence-corrected chi connectivity index (χ4v) is 2.30. The number of hydrogen-bond acceptors (Lipinski definition) is 2. The molecule has 0 radical (unpaired) electrons. The fourth-order valence-electron chi connectivity index (χ4n) is 1.71. The summed E-state index contributed by atoms with van der Waals surface area (Å²) in [5.74, 6) is 0.0430. The van der Waals surface area contributed by atoms with Crippen molar-refractivity contribution in [3.63, 3.8) is 0 Å². The van der Waals surface area contributed by atoms with Gasteiger partial charge in [-0.1, -0.05) is 49.5 Å². The molecule has 5 heteroatoms. The molecule has 0 aromatic heterocycles. The first-order valence-electron chi connectivity index (χ1n) is 6.43. The van der Waals surface area contributed by atoms with Gasteiger partial charge in [0, 0.05) is 16.6 Å². The zero-order chi connectivity index (χ0) is 14.4. The molecule has 0 saturated carbocycles. The van der Waals surface area contributed by atoms with Crippen molar-refractivity contribution >= 4 is 29.1 Å². The van der Waals surface area contributed by atoms with Gasteiger partial charge < -0.3 is 11.1 Å². The smallest absolute Gasteiger partial charge is 0.237 e. The van der Waals surface area contributed by atoms with Gasteiger partial charge in [-0.3, -0.25) is 4.79 Å². The molecular weight excluding hydrogens is 283 g/mol. The molecule has 2 unspecified atom stereocenters. The van der Waals surface area contributed by atoms with Crippen LogP contribution in [0.5, 0.6) is 0 Å². The summed E-state index contributed by atoms with van der Waals surface area (Å²) in [6.07, 6.45) is 1.47. The molecule has 0 fully saturated rings. The Bertz CT molecular complexity index is 417. The molecular formula is C14H20Cl2N2O. The van der Waals surface area contributed by atoms with Crippen molar-refractivity contribution in [2.45, 2.75) is 32.7 Å². The molecule has 0 saturated heterocycles. The highest BCUT2D eigenvalue weighted by atomic mass is 35.5. The Hall–Kier alpha value is -0.770. The van der Waals surface area contributed by atoms with E-state index in [1.165, 1.54) is 0 Å². The fraction of sp³-hybridized carbons (Fsp3) is 0.500. The van der Waals surface area contributed by atoms with E-state index in [0.717, 1.165) is 12.0 Å². The Balaban J connectivity index is 2.49. The third-order valence-electron chi connectivity index (χ3n) is 3.30. The van der Waals surface area contributed by atoms with Crippen LogP contribution in [-0.4, -0.2) is 18.5 Å². The molecule has 0 aliphatic rings. The minimum atomic E-state index is -0.466. The van der Waals surface area contributed by atoms with Crippen LogP contribution in [0.25, 0.3) is 0 Å². The lowest BCUT2D eigenvalue weighted by Gasteiger charge is -2.17. The number of benzene rings is 1. The average Bonchev–Trinajstić information content (AvgIpc) is 2.40. The van der Waals surface area contributed by atoms with Crippen LogP contribution in [0.3, 0.4) is 0 Å². The minimum absolute atomic E-state index is 0.127. The summed E-state index contributed by atoms with van der Waals surface area (Å²) < 4.78 is 0. The first kappa shape index (κ1) is 16.3. The Morgan fingerprint density at radius 3 is 2.47 bits per heavy atom. The number of carbonyl (C=O) groups is 1. The molecule has 1 aromatic carbocycles. The van der Waals surface area contributed by atoms with E-state index >= 15 is 0 Å². The van der Waals surface area contributed by atoms with Crippen molar-refractivity contribution in [1.82, 2.24) is 5.32 Å². The maximum absolute atomic E-state index is 11.8. The van der Waals surface area contributed by atoms with E-state index in [9.17, 15) is 4.79 Å². The third kappa shape index (κ3) is 4.68. The van der Waals surface area contributed by atoms with Crippen molar-refractivity contribution in [3.05, 3.63) is 33.8 Å². The highest BCUT2D eigenvalue weighted by Crippen LogP contribution is 2.24. The third-order valence-corrected chi connectivity index (χ3v) is 4.00. The monoisotopic (exact) mass is 302 g/mol. The predicted molar refractivity (Wildman–Crippen MR) is 80.6 cm³/mol. The van der Waals surface area contributed by atoms with Crippen molar-refractivity contribution in [2.24, 2.45) is 11.7 Å². The van der Waals surface area contributed by atoms with Crippen LogP contribution in [-0.2, 0) is 11.2 Å². The lowest BCUT2D eigenvalue weighted by molar-refractivity contribution is -0.123. The average molecular weight is 303 g/mol. The number of halogens is 2. The van der Waals surface area contributed by atoms with Crippen LogP contribution in [0.4, 0.5) is 0 Å². The standard InChI is InChI=1S/C14H20Cl2N2O/c1-3-9(2)13(17)14(19)18-8-7-10-11(15)5-4-6-12(10)16/h4-6,9,13H,3,7-8,17H2,1-2H3,(H,18,19). The number of carbonyl (C=O) groups excluding carboxylic acids is 1. The van der Waals surface area contributed by atoms with Crippen LogP contribution < -0.4 is 11.1 Å². The Kier molecular flexibility index (Phi) is 6.63.